The fourth-order valence-electron chi connectivity index (χ4n) is 7.49. The van der Waals surface area contributed by atoms with E-state index in [0.29, 0.717) is 23.3 Å². The molecule has 3 aromatic rings. The number of carbonyl (C=O) groups excluding carboxylic acids is 2. The molecule has 3 aliphatic carbocycles. The number of aromatic nitrogens is 1. The van der Waals surface area contributed by atoms with Gasteiger partial charge >= 0.3 is 0 Å². The van der Waals surface area contributed by atoms with E-state index in [1.165, 1.54) is 0 Å². The second kappa shape index (κ2) is 11.6. The van der Waals surface area contributed by atoms with Gasteiger partial charge in [0.05, 0.1) is 6.04 Å². The molecule has 2 aromatic carbocycles. The number of anilines is 1. The summed E-state index contributed by atoms with van der Waals surface area (Å²) in [4.78, 5) is 34.1. The number of aliphatic hydroxyl groups excluding tert-OH is 1. The summed E-state index contributed by atoms with van der Waals surface area (Å²) < 4.78 is 19.4. The van der Waals surface area contributed by atoms with Crippen LogP contribution in [0.1, 0.15) is 70.0 Å². The van der Waals surface area contributed by atoms with Gasteiger partial charge in [-0.3, -0.25) is 14.5 Å². The Morgan fingerprint density at radius 1 is 1.06 bits per heavy atom. The van der Waals surface area contributed by atoms with Crippen LogP contribution in [0.5, 0.6) is 5.88 Å². The average Bonchev–Trinajstić information content (AvgIpc) is 3.43. The minimum atomic E-state index is -2.85. The topological polar surface area (TPSA) is 105 Å². The summed E-state index contributed by atoms with van der Waals surface area (Å²) in [5.41, 5.74) is 3.09. The highest BCUT2D eigenvalue weighted by Crippen LogP contribution is 2.61. The summed E-state index contributed by atoms with van der Waals surface area (Å²) in [7, 11) is 4.86. The van der Waals surface area contributed by atoms with Crippen molar-refractivity contribution in [3.8, 4) is 5.88 Å². The standard InChI is InChI=1S/C38H47N3O6Si/c1-21-17-18-26(40(6)7)25-19-24-22(2)30-31(41(8)9)33-29(36(39-46-33)45-20-23-15-13-12-14-16-23)35(44)38(30,47-48(10,11)37(3,4)5)34(43)28(24)32(42)27(21)25/h12-18,24,30-31,43H,2,19-20H2,1,3-11H3/t24-,30-,31-,38-/m0/s1. The first-order valence-corrected chi connectivity index (χ1v) is 19.4. The van der Waals surface area contributed by atoms with Crippen LogP contribution >= 0.6 is 0 Å². The van der Waals surface area contributed by atoms with Gasteiger partial charge in [-0.2, -0.15) is 0 Å². The molecule has 48 heavy (non-hydrogen) atoms. The zero-order valence-corrected chi connectivity index (χ0v) is 30.7. The fraction of sp³-hybridized carbons (Fsp3) is 0.447. The quantitative estimate of drug-likeness (QED) is 0.206. The summed E-state index contributed by atoms with van der Waals surface area (Å²) in [6.07, 6.45) is 0.449. The van der Waals surface area contributed by atoms with E-state index in [2.05, 4.69) is 32.5 Å². The van der Waals surface area contributed by atoms with Gasteiger partial charge in [-0.05, 0) is 73.5 Å². The second-order valence-electron chi connectivity index (χ2n) is 15.4. The van der Waals surface area contributed by atoms with Crippen molar-refractivity contribution >= 4 is 25.6 Å². The van der Waals surface area contributed by atoms with E-state index in [0.717, 1.165) is 22.4 Å². The number of rotatable bonds is 7. The maximum atomic E-state index is 15.4. The normalized spacial score (nSPS) is 23.9. The van der Waals surface area contributed by atoms with Crippen LogP contribution in [0.2, 0.25) is 18.1 Å². The van der Waals surface area contributed by atoms with Crippen LogP contribution in [-0.4, -0.2) is 68.8 Å². The van der Waals surface area contributed by atoms with Crippen molar-refractivity contribution in [2.24, 2.45) is 11.8 Å². The van der Waals surface area contributed by atoms with Crippen molar-refractivity contribution < 1.29 is 28.4 Å². The molecule has 10 heteroatoms. The first-order valence-electron chi connectivity index (χ1n) is 16.5. The van der Waals surface area contributed by atoms with Crippen molar-refractivity contribution in [3.63, 3.8) is 0 Å². The van der Waals surface area contributed by atoms with Crippen molar-refractivity contribution in [2.45, 2.75) is 70.5 Å². The number of carbonyl (C=O) groups is 2. The molecule has 1 N–H and O–H groups in total. The lowest BCUT2D eigenvalue weighted by Gasteiger charge is -2.56. The molecule has 0 radical (unpaired) electrons. The van der Waals surface area contributed by atoms with E-state index < -0.39 is 37.6 Å². The van der Waals surface area contributed by atoms with E-state index in [1.807, 2.05) is 100 Å². The maximum absolute atomic E-state index is 15.4. The Bertz CT molecular complexity index is 1850. The number of aryl methyl sites for hydroxylation is 1. The van der Waals surface area contributed by atoms with Crippen LogP contribution in [0.25, 0.3) is 0 Å². The fourth-order valence-corrected chi connectivity index (χ4v) is 8.92. The molecular formula is C38H47N3O6Si. The van der Waals surface area contributed by atoms with Gasteiger partial charge in [-0.1, -0.05) is 69.3 Å². The third-order valence-electron chi connectivity index (χ3n) is 10.9. The molecule has 0 unspecified atom stereocenters. The minimum absolute atomic E-state index is 0.0275. The lowest BCUT2D eigenvalue weighted by molar-refractivity contribution is -0.0282. The van der Waals surface area contributed by atoms with Crippen LogP contribution in [-0.2, 0) is 17.5 Å². The predicted octanol–water partition coefficient (Wildman–Crippen LogP) is 7.24. The van der Waals surface area contributed by atoms with Gasteiger partial charge in [0.1, 0.15) is 17.9 Å². The number of hydrogen-bond acceptors (Lipinski definition) is 9. The van der Waals surface area contributed by atoms with Crippen LogP contribution in [0.15, 0.2) is 70.5 Å². The molecule has 0 aliphatic heterocycles. The molecule has 9 nitrogen and oxygen atoms in total. The lowest BCUT2D eigenvalue weighted by atomic mass is 9.56. The largest absolute Gasteiger partial charge is 0.508 e. The Morgan fingerprint density at radius 2 is 1.73 bits per heavy atom. The minimum Gasteiger partial charge on any atom is -0.508 e. The highest BCUT2D eigenvalue weighted by atomic mass is 28.4. The smallest absolute Gasteiger partial charge is 0.265 e. The number of Topliss-reactive ketones (excluding diaryl/α,β-unsaturated/α-hetero) is 2. The summed E-state index contributed by atoms with van der Waals surface area (Å²) in [5.74, 6) is -2.14. The lowest BCUT2D eigenvalue weighted by Crippen LogP contribution is -2.65. The summed E-state index contributed by atoms with van der Waals surface area (Å²) in [6.45, 7) is 17.0. The Kier molecular flexibility index (Phi) is 8.17. The first kappa shape index (κ1) is 33.9. The van der Waals surface area contributed by atoms with Gasteiger partial charge in [-0.25, -0.2) is 0 Å². The summed E-state index contributed by atoms with van der Waals surface area (Å²) >= 11 is 0. The third-order valence-corrected chi connectivity index (χ3v) is 15.4. The molecule has 254 valence electrons. The number of nitrogens with zero attached hydrogens (tertiary/aromatic N) is 3. The number of hydrogen-bond donors (Lipinski definition) is 1. The molecule has 0 saturated carbocycles. The summed E-state index contributed by atoms with van der Waals surface area (Å²) in [6, 6.07) is 12.9. The molecule has 0 bridgehead atoms. The Morgan fingerprint density at radius 3 is 2.33 bits per heavy atom. The van der Waals surface area contributed by atoms with Crippen molar-refractivity contribution in [1.82, 2.24) is 10.1 Å². The zero-order chi connectivity index (χ0) is 35.1. The van der Waals surface area contributed by atoms with Gasteiger partial charge in [0.2, 0.25) is 5.78 Å². The van der Waals surface area contributed by atoms with Gasteiger partial charge in [-0.15, -0.1) is 0 Å². The molecule has 1 heterocycles. The van der Waals surface area contributed by atoms with E-state index in [9.17, 15) is 9.90 Å². The van der Waals surface area contributed by atoms with Crippen LogP contribution in [0.3, 0.4) is 0 Å². The molecule has 0 amide bonds. The first-order chi connectivity index (χ1) is 22.4. The zero-order valence-electron chi connectivity index (χ0n) is 29.7. The van der Waals surface area contributed by atoms with Crippen molar-refractivity contribution in [3.05, 3.63) is 99.5 Å². The molecule has 4 atom stereocenters. The number of fused-ring (bicyclic) bond motifs is 4. The predicted molar refractivity (Wildman–Crippen MR) is 188 cm³/mol. The number of ether oxygens (including phenoxy) is 1. The van der Waals surface area contributed by atoms with E-state index in [-0.39, 0.29) is 40.2 Å². The van der Waals surface area contributed by atoms with Gasteiger partial charge in [0.15, 0.2) is 25.5 Å². The molecule has 0 fully saturated rings. The van der Waals surface area contributed by atoms with Crippen molar-refractivity contribution in [2.75, 3.05) is 33.1 Å². The number of ketones is 2. The highest BCUT2D eigenvalue weighted by molar-refractivity contribution is 6.74. The number of aliphatic hydroxyl groups is 1. The molecule has 6 rings (SSSR count). The number of allylic oxidation sites excluding steroid dienone is 1. The summed E-state index contributed by atoms with van der Waals surface area (Å²) in [5, 5.41) is 16.7. The molecule has 1 aromatic heterocycles. The Hall–Kier alpha value is -3.99. The highest BCUT2D eigenvalue weighted by Gasteiger charge is 2.68. The molecular weight excluding hydrogens is 623 g/mol. The SMILES string of the molecule is C=C1[C@@H]2Cc3c(N(C)C)ccc(C)c3C(=O)C2=C(O)[C@]2(O[Si](C)(C)C(C)(C)C)C(=O)c3c(OCc4ccccc4)noc3[C@@H](N(C)C)[C@H]12. The maximum Gasteiger partial charge on any atom is 0.265 e. The molecule has 3 aliphatic rings. The second-order valence-corrected chi connectivity index (χ2v) is 20.1. The van der Waals surface area contributed by atoms with Gasteiger partial charge in [0, 0.05) is 42.8 Å². The van der Waals surface area contributed by atoms with Crippen LogP contribution < -0.4 is 9.64 Å². The number of benzene rings is 2. The molecule has 0 saturated heterocycles. The monoisotopic (exact) mass is 669 g/mol. The molecule has 0 spiro atoms. The van der Waals surface area contributed by atoms with E-state index >= 15 is 4.79 Å². The van der Waals surface area contributed by atoms with Gasteiger partial charge < -0.3 is 23.7 Å². The van der Waals surface area contributed by atoms with E-state index in [1.54, 1.807) is 0 Å². The van der Waals surface area contributed by atoms with Crippen LogP contribution in [0.4, 0.5) is 5.69 Å². The van der Waals surface area contributed by atoms with E-state index in [4.69, 9.17) is 13.7 Å². The van der Waals surface area contributed by atoms with Crippen molar-refractivity contribution in [1.29, 1.82) is 0 Å². The van der Waals surface area contributed by atoms with Gasteiger partial charge in [0.25, 0.3) is 5.88 Å². The average molecular weight is 670 g/mol. The third kappa shape index (κ3) is 4.90. The Labute approximate surface area is 284 Å². The Balaban J connectivity index is 1.63. The van der Waals surface area contributed by atoms with Crippen LogP contribution in [0, 0.1) is 18.8 Å².